The number of hydrogen-bond acceptors (Lipinski definition) is 5. The van der Waals surface area contributed by atoms with Crippen molar-refractivity contribution >= 4 is 34.9 Å². The number of nitrogens with zero attached hydrogens (tertiary/aromatic N) is 2. The summed E-state index contributed by atoms with van der Waals surface area (Å²) in [5.41, 5.74) is 0.975. The predicted molar refractivity (Wildman–Crippen MR) is 123 cm³/mol. The topological polar surface area (TPSA) is 79.7 Å². The number of halogens is 1. The third-order valence-electron chi connectivity index (χ3n) is 5.02. The van der Waals surface area contributed by atoms with Gasteiger partial charge in [0.2, 0.25) is 0 Å². The van der Waals surface area contributed by atoms with Gasteiger partial charge in [-0.05, 0) is 54.1 Å². The molecule has 0 spiro atoms. The van der Waals surface area contributed by atoms with Gasteiger partial charge in [0.25, 0.3) is 5.78 Å². The molecule has 1 unspecified atom stereocenters. The summed E-state index contributed by atoms with van der Waals surface area (Å²) in [6.07, 6.45) is 3.16. The Hall–Kier alpha value is -3.90. The van der Waals surface area contributed by atoms with Crippen LogP contribution in [0, 0.1) is 0 Å². The van der Waals surface area contributed by atoms with Gasteiger partial charge >= 0.3 is 5.91 Å². The highest BCUT2D eigenvalue weighted by atomic mass is 35.5. The molecule has 1 N–H and O–H groups in total. The number of rotatable bonds is 6. The summed E-state index contributed by atoms with van der Waals surface area (Å²) in [6.45, 7) is 3.95. The Labute approximate surface area is 190 Å². The van der Waals surface area contributed by atoms with E-state index in [4.69, 9.17) is 16.3 Å². The maximum Gasteiger partial charge on any atom is 0.301 e. The van der Waals surface area contributed by atoms with Crippen LogP contribution in [0.1, 0.15) is 17.2 Å². The number of pyridine rings is 1. The number of Topliss-reactive ketones (excluding diaryl/α,β-unsaturated/α-hetero) is 1. The zero-order valence-corrected chi connectivity index (χ0v) is 17.7. The van der Waals surface area contributed by atoms with Gasteiger partial charge in [-0.25, -0.2) is 4.98 Å². The Kier molecular flexibility index (Phi) is 6.05. The molecule has 7 heteroatoms. The van der Waals surface area contributed by atoms with Gasteiger partial charge in [0, 0.05) is 16.8 Å². The molecule has 1 atom stereocenters. The average molecular weight is 447 g/mol. The van der Waals surface area contributed by atoms with Gasteiger partial charge in [0.1, 0.15) is 23.9 Å². The first kappa shape index (κ1) is 21.3. The van der Waals surface area contributed by atoms with Crippen LogP contribution in [-0.4, -0.2) is 28.4 Å². The Morgan fingerprint density at radius 3 is 2.44 bits per heavy atom. The first-order valence-corrected chi connectivity index (χ1v) is 10.2. The Morgan fingerprint density at radius 2 is 1.81 bits per heavy atom. The first-order chi connectivity index (χ1) is 15.5. The highest BCUT2D eigenvalue weighted by Gasteiger charge is 2.47. The lowest BCUT2D eigenvalue weighted by atomic mass is 9.95. The molecule has 1 aliphatic heterocycles. The monoisotopic (exact) mass is 446 g/mol. The van der Waals surface area contributed by atoms with Crippen LogP contribution in [0.3, 0.4) is 0 Å². The minimum absolute atomic E-state index is 0.0252. The molecule has 0 bridgehead atoms. The van der Waals surface area contributed by atoms with Crippen LogP contribution in [0.15, 0.2) is 91.2 Å². The van der Waals surface area contributed by atoms with Crippen LogP contribution < -0.4 is 9.64 Å². The van der Waals surface area contributed by atoms with Gasteiger partial charge in [-0.2, -0.15) is 0 Å². The Balaban J connectivity index is 1.84. The summed E-state index contributed by atoms with van der Waals surface area (Å²) in [5, 5.41) is 11.6. The second-order valence-electron chi connectivity index (χ2n) is 7.03. The van der Waals surface area contributed by atoms with Gasteiger partial charge in [-0.3, -0.25) is 14.5 Å². The van der Waals surface area contributed by atoms with Gasteiger partial charge in [-0.15, -0.1) is 0 Å². The van der Waals surface area contributed by atoms with Crippen molar-refractivity contribution in [2.45, 2.75) is 6.04 Å². The molecular weight excluding hydrogens is 428 g/mol. The number of aliphatic hydroxyl groups excluding tert-OH is 1. The minimum Gasteiger partial charge on any atom is -0.507 e. The van der Waals surface area contributed by atoms with E-state index < -0.39 is 17.7 Å². The van der Waals surface area contributed by atoms with Crippen molar-refractivity contribution in [3.63, 3.8) is 0 Å². The normalized spacial score (nSPS) is 17.4. The van der Waals surface area contributed by atoms with E-state index in [-0.39, 0.29) is 11.3 Å². The zero-order valence-electron chi connectivity index (χ0n) is 16.9. The standard InChI is InChI=1S/C25H19ClN2O4/c1-2-15-32-19-12-8-17(9-13-19)23(29)21-22(16-6-10-18(26)11-7-16)28(25(31)24(21)30)20-5-3-4-14-27-20/h2-14,22,29H,1,15H2. The number of aliphatic hydroxyl groups is 1. The molecule has 0 aliphatic carbocycles. The molecule has 2 heterocycles. The summed E-state index contributed by atoms with van der Waals surface area (Å²) >= 11 is 6.04. The lowest BCUT2D eigenvalue weighted by molar-refractivity contribution is -0.132. The lowest BCUT2D eigenvalue weighted by Gasteiger charge is -2.24. The molecule has 1 aromatic heterocycles. The fraction of sp³-hybridized carbons (Fsp3) is 0.0800. The minimum atomic E-state index is -0.862. The molecule has 160 valence electrons. The van der Waals surface area contributed by atoms with Crippen molar-refractivity contribution in [1.29, 1.82) is 0 Å². The zero-order chi connectivity index (χ0) is 22.7. The summed E-state index contributed by atoms with van der Waals surface area (Å²) in [6, 6.07) is 17.6. The Bertz CT molecular complexity index is 1190. The van der Waals surface area contributed by atoms with Crippen molar-refractivity contribution in [3.8, 4) is 5.75 Å². The van der Waals surface area contributed by atoms with Gasteiger partial charge < -0.3 is 9.84 Å². The molecule has 1 amide bonds. The van der Waals surface area contributed by atoms with E-state index in [1.807, 2.05) is 0 Å². The molecule has 1 fully saturated rings. The number of benzene rings is 2. The lowest BCUT2D eigenvalue weighted by Crippen LogP contribution is -2.30. The van der Waals surface area contributed by atoms with E-state index in [1.54, 1.807) is 72.8 Å². The number of ether oxygens (including phenoxy) is 1. The largest absolute Gasteiger partial charge is 0.507 e. The molecule has 6 nitrogen and oxygen atoms in total. The van der Waals surface area contributed by atoms with Crippen molar-refractivity contribution in [3.05, 3.63) is 107 Å². The summed E-state index contributed by atoms with van der Waals surface area (Å²) in [5.74, 6) is -0.945. The molecule has 0 saturated carbocycles. The smallest absolute Gasteiger partial charge is 0.301 e. The van der Waals surface area contributed by atoms with Crippen molar-refractivity contribution in [2.24, 2.45) is 0 Å². The molecule has 32 heavy (non-hydrogen) atoms. The maximum atomic E-state index is 13.1. The van der Waals surface area contributed by atoms with E-state index >= 15 is 0 Å². The highest BCUT2D eigenvalue weighted by Crippen LogP contribution is 2.41. The Morgan fingerprint density at radius 1 is 1.09 bits per heavy atom. The molecular formula is C25H19ClN2O4. The number of carbonyl (C=O) groups is 2. The molecule has 0 radical (unpaired) electrons. The highest BCUT2D eigenvalue weighted by molar-refractivity contribution is 6.51. The number of carbonyl (C=O) groups excluding carboxylic acids is 2. The van der Waals surface area contributed by atoms with Gasteiger partial charge in [0.15, 0.2) is 0 Å². The number of aromatic nitrogens is 1. The fourth-order valence-electron chi connectivity index (χ4n) is 3.55. The second kappa shape index (κ2) is 9.08. The average Bonchev–Trinajstić information content (AvgIpc) is 3.09. The van der Waals surface area contributed by atoms with Gasteiger partial charge in [0.05, 0.1) is 11.6 Å². The van der Waals surface area contributed by atoms with E-state index in [2.05, 4.69) is 11.6 Å². The van der Waals surface area contributed by atoms with E-state index in [9.17, 15) is 14.7 Å². The van der Waals surface area contributed by atoms with Crippen LogP contribution in [0.2, 0.25) is 5.02 Å². The van der Waals surface area contributed by atoms with E-state index in [0.29, 0.717) is 34.3 Å². The summed E-state index contributed by atoms with van der Waals surface area (Å²) in [7, 11) is 0. The second-order valence-corrected chi connectivity index (χ2v) is 7.47. The third-order valence-corrected chi connectivity index (χ3v) is 5.27. The van der Waals surface area contributed by atoms with E-state index in [1.165, 1.54) is 11.1 Å². The quantitative estimate of drug-likeness (QED) is 0.251. The SMILES string of the molecule is C=CCOc1ccc(C(O)=C2C(=O)C(=O)N(c3ccccn3)C2c2ccc(Cl)cc2)cc1. The van der Waals surface area contributed by atoms with Crippen molar-refractivity contribution in [1.82, 2.24) is 4.98 Å². The van der Waals surface area contributed by atoms with Crippen molar-refractivity contribution in [2.75, 3.05) is 11.5 Å². The summed E-state index contributed by atoms with van der Waals surface area (Å²) in [4.78, 5) is 31.6. The number of ketones is 1. The van der Waals surface area contributed by atoms with Crippen LogP contribution in [0.4, 0.5) is 5.82 Å². The number of hydrogen-bond donors (Lipinski definition) is 1. The van der Waals surface area contributed by atoms with Gasteiger partial charge in [-0.1, -0.05) is 42.5 Å². The number of amides is 1. The first-order valence-electron chi connectivity index (χ1n) is 9.83. The van der Waals surface area contributed by atoms with Crippen LogP contribution >= 0.6 is 11.6 Å². The van der Waals surface area contributed by atoms with Crippen LogP contribution in [0.25, 0.3) is 5.76 Å². The van der Waals surface area contributed by atoms with Crippen LogP contribution in [-0.2, 0) is 9.59 Å². The maximum absolute atomic E-state index is 13.1. The molecule has 4 rings (SSSR count). The molecule has 1 saturated heterocycles. The van der Waals surface area contributed by atoms with Crippen LogP contribution in [0.5, 0.6) is 5.75 Å². The third kappa shape index (κ3) is 4.00. The predicted octanol–water partition coefficient (Wildman–Crippen LogP) is 4.93. The van der Waals surface area contributed by atoms with Crippen molar-refractivity contribution < 1.29 is 19.4 Å². The number of anilines is 1. The molecule has 1 aliphatic rings. The van der Waals surface area contributed by atoms with E-state index in [0.717, 1.165) is 0 Å². The summed E-state index contributed by atoms with van der Waals surface area (Å²) < 4.78 is 5.46. The molecule has 3 aromatic rings. The molecule has 2 aromatic carbocycles. The fourth-order valence-corrected chi connectivity index (χ4v) is 3.67.